The molecule has 98 valence electrons. The number of halogens is 1. The summed E-state index contributed by atoms with van der Waals surface area (Å²) in [6, 6.07) is 15.2. The lowest BCUT2D eigenvalue weighted by molar-refractivity contribution is 0.818. The van der Waals surface area contributed by atoms with Crippen LogP contribution in [-0.4, -0.2) is 12.3 Å². The van der Waals surface area contributed by atoms with Crippen molar-refractivity contribution in [1.82, 2.24) is 0 Å². The molecule has 0 saturated heterocycles. The molecule has 1 aliphatic heterocycles. The van der Waals surface area contributed by atoms with Crippen molar-refractivity contribution in [1.29, 1.82) is 0 Å². The van der Waals surface area contributed by atoms with Crippen molar-refractivity contribution >= 4 is 33.4 Å². The second-order valence-corrected chi connectivity index (χ2v) is 6.83. The normalized spacial score (nSPS) is 17.3. The lowest BCUT2D eigenvalue weighted by Crippen LogP contribution is -2.12. The van der Waals surface area contributed by atoms with E-state index in [0.717, 1.165) is 11.0 Å². The van der Waals surface area contributed by atoms with E-state index in [1.807, 2.05) is 11.8 Å². The van der Waals surface area contributed by atoms with Crippen molar-refractivity contribution in [2.75, 3.05) is 17.6 Å². The smallest absolute Gasteiger partial charge is 0.0487 e. The lowest BCUT2D eigenvalue weighted by Gasteiger charge is -2.14. The highest BCUT2D eigenvalue weighted by atomic mass is 79.9. The second-order valence-electron chi connectivity index (χ2n) is 4.91. The molecule has 2 aromatic carbocycles. The van der Waals surface area contributed by atoms with Gasteiger partial charge in [0.05, 0.1) is 0 Å². The minimum Gasteiger partial charge on any atom is -0.383 e. The van der Waals surface area contributed by atoms with Crippen LogP contribution in [0.1, 0.15) is 17.0 Å². The number of benzene rings is 2. The van der Waals surface area contributed by atoms with E-state index in [-0.39, 0.29) is 0 Å². The first-order chi connectivity index (χ1) is 9.24. The third-order valence-electron chi connectivity index (χ3n) is 3.46. The molecule has 1 heterocycles. The average Bonchev–Trinajstić information content (AvgIpc) is 2.83. The predicted molar refractivity (Wildman–Crippen MR) is 87.3 cm³/mol. The van der Waals surface area contributed by atoms with Crippen LogP contribution in [0.2, 0.25) is 0 Å². The molecule has 0 fully saturated rings. The Morgan fingerprint density at radius 1 is 1.26 bits per heavy atom. The molecule has 1 unspecified atom stereocenters. The number of anilines is 1. The van der Waals surface area contributed by atoms with Gasteiger partial charge in [0.2, 0.25) is 0 Å². The van der Waals surface area contributed by atoms with E-state index >= 15 is 0 Å². The molecule has 1 atom stereocenters. The van der Waals surface area contributed by atoms with Crippen molar-refractivity contribution in [3.63, 3.8) is 0 Å². The number of fused-ring (bicyclic) bond motifs is 1. The number of nitrogens with one attached hydrogen (secondary N) is 1. The Morgan fingerprint density at radius 2 is 2.11 bits per heavy atom. The fourth-order valence-corrected chi connectivity index (χ4v) is 4.05. The molecule has 0 aromatic heterocycles. The number of rotatable bonds is 3. The summed E-state index contributed by atoms with van der Waals surface area (Å²) in [5.74, 6) is 1.78. The molecule has 0 amide bonds. The van der Waals surface area contributed by atoms with E-state index in [1.54, 1.807) is 0 Å². The standard InChI is InChI=1S/C16H16BrNS/c1-11-6-7-14(17)15(8-11)18-9-12-10-19-16-5-3-2-4-13(12)16/h2-8,12,18H,9-10H2,1H3. The second kappa shape index (κ2) is 5.59. The predicted octanol–water partition coefficient (Wildman–Crippen LogP) is 5.06. The molecule has 19 heavy (non-hydrogen) atoms. The Hall–Kier alpha value is -0.930. The first kappa shape index (κ1) is 13.1. The Morgan fingerprint density at radius 3 is 3.00 bits per heavy atom. The first-order valence-electron chi connectivity index (χ1n) is 6.46. The molecule has 3 rings (SSSR count). The van der Waals surface area contributed by atoms with Gasteiger partial charge in [0.1, 0.15) is 0 Å². The van der Waals surface area contributed by atoms with E-state index in [4.69, 9.17) is 0 Å². The van der Waals surface area contributed by atoms with Crippen LogP contribution in [0.15, 0.2) is 51.8 Å². The van der Waals surface area contributed by atoms with Gasteiger partial charge in [-0.15, -0.1) is 11.8 Å². The molecular formula is C16H16BrNS. The van der Waals surface area contributed by atoms with Crippen LogP contribution in [0, 0.1) is 6.92 Å². The van der Waals surface area contributed by atoms with E-state index in [1.165, 1.54) is 27.5 Å². The first-order valence-corrected chi connectivity index (χ1v) is 8.23. The number of aryl methyl sites for hydroxylation is 1. The minimum atomic E-state index is 0.605. The molecule has 0 spiro atoms. The van der Waals surface area contributed by atoms with Gasteiger partial charge in [0.25, 0.3) is 0 Å². The topological polar surface area (TPSA) is 12.0 Å². The van der Waals surface area contributed by atoms with Gasteiger partial charge in [0, 0.05) is 33.3 Å². The number of thioether (sulfide) groups is 1. The van der Waals surface area contributed by atoms with Crippen molar-refractivity contribution in [3.8, 4) is 0 Å². The molecule has 1 aliphatic rings. The molecule has 0 radical (unpaired) electrons. The highest BCUT2D eigenvalue weighted by molar-refractivity contribution is 9.10. The molecule has 0 bridgehead atoms. The van der Waals surface area contributed by atoms with Gasteiger partial charge in [-0.3, -0.25) is 0 Å². The maximum absolute atomic E-state index is 3.60. The van der Waals surface area contributed by atoms with Crippen molar-refractivity contribution in [3.05, 3.63) is 58.1 Å². The van der Waals surface area contributed by atoms with Gasteiger partial charge < -0.3 is 5.32 Å². The Kier molecular flexibility index (Phi) is 3.85. The summed E-state index contributed by atoms with van der Waals surface area (Å²) in [6.45, 7) is 3.12. The Balaban J connectivity index is 1.72. The van der Waals surface area contributed by atoms with E-state index in [0.29, 0.717) is 5.92 Å². The van der Waals surface area contributed by atoms with E-state index < -0.39 is 0 Å². The fourth-order valence-electron chi connectivity index (χ4n) is 2.41. The third kappa shape index (κ3) is 2.82. The summed E-state index contributed by atoms with van der Waals surface area (Å²) in [5, 5.41) is 3.58. The summed E-state index contributed by atoms with van der Waals surface area (Å²) < 4.78 is 1.14. The van der Waals surface area contributed by atoms with Gasteiger partial charge in [-0.1, -0.05) is 24.3 Å². The Bertz CT molecular complexity index is 597. The van der Waals surface area contributed by atoms with Gasteiger partial charge >= 0.3 is 0 Å². The van der Waals surface area contributed by atoms with Crippen LogP contribution in [0.4, 0.5) is 5.69 Å². The molecule has 0 saturated carbocycles. The van der Waals surface area contributed by atoms with Crippen molar-refractivity contribution in [2.45, 2.75) is 17.7 Å². The zero-order valence-corrected chi connectivity index (χ0v) is 13.2. The molecule has 2 aromatic rings. The minimum absolute atomic E-state index is 0.605. The summed E-state index contributed by atoms with van der Waals surface area (Å²) in [5.41, 5.74) is 3.96. The van der Waals surface area contributed by atoms with Crippen molar-refractivity contribution < 1.29 is 0 Å². The monoisotopic (exact) mass is 333 g/mol. The third-order valence-corrected chi connectivity index (χ3v) is 5.40. The van der Waals surface area contributed by atoms with Gasteiger partial charge in [-0.2, -0.15) is 0 Å². The van der Waals surface area contributed by atoms with Crippen LogP contribution in [0.5, 0.6) is 0 Å². The van der Waals surface area contributed by atoms with Crippen LogP contribution in [0.3, 0.4) is 0 Å². The molecule has 1 nitrogen and oxygen atoms in total. The number of hydrogen-bond acceptors (Lipinski definition) is 2. The zero-order valence-electron chi connectivity index (χ0n) is 10.8. The largest absolute Gasteiger partial charge is 0.383 e. The molecule has 0 aliphatic carbocycles. The van der Waals surface area contributed by atoms with Gasteiger partial charge in [0.15, 0.2) is 0 Å². The highest BCUT2D eigenvalue weighted by Gasteiger charge is 2.22. The maximum Gasteiger partial charge on any atom is 0.0487 e. The summed E-state index contributed by atoms with van der Waals surface area (Å²) in [6.07, 6.45) is 0. The average molecular weight is 334 g/mol. The van der Waals surface area contributed by atoms with E-state index in [9.17, 15) is 0 Å². The van der Waals surface area contributed by atoms with Crippen molar-refractivity contribution in [2.24, 2.45) is 0 Å². The quantitative estimate of drug-likeness (QED) is 0.842. The Labute approximate surface area is 126 Å². The summed E-state index contributed by atoms with van der Waals surface area (Å²) in [7, 11) is 0. The highest BCUT2D eigenvalue weighted by Crippen LogP contribution is 2.39. The van der Waals surface area contributed by atoms with Crippen LogP contribution < -0.4 is 5.32 Å². The van der Waals surface area contributed by atoms with Crippen LogP contribution in [-0.2, 0) is 0 Å². The molecule has 3 heteroatoms. The summed E-state index contributed by atoms with van der Waals surface area (Å²) in [4.78, 5) is 1.44. The zero-order chi connectivity index (χ0) is 13.2. The number of hydrogen-bond donors (Lipinski definition) is 1. The van der Waals surface area contributed by atoms with E-state index in [2.05, 4.69) is 70.6 Å². The van der Waals surface area contributed by atoms with Crippen LogP contribution >= 0.6 is 27.7 Å². The fraction of sp³-hybridized carbons (Fsp3) is 0.250. The van der Waals surface area contributed by atoms with Gasteiger partial charge in [-0.05, 0) is 52.2 Å². The van der Waals surface area contributed by atoms with Crippen LogP contribution in [0.25, 0.3) is 0 Å². The SMILES string of the molecule is Cc1ccc(Br)c(NCC2CSc3ccccc32)c1. The summed E-state index contributed by atoms with van der Waals surface area (Å²) >= 11 is 5.57. The molecule has 1 N–H and O–H groups in total. The van der Waals surface area contributed by atoms with Gasteiger partial charge in [-0.25, -0.2) is 0 Å². The lowest BCUT2D eigenvalue weighted by atomic mass is 10.0. The maximum atomic E-state index is 3.60. The molecular weight excluding hydrogens is 318 g/mol.